The van der Waals surface area contributed by atoms with Gasteiger partial charge in [-0.15, -0.1) is 5.06 Å². The summed E-state index contributed by atoms with van der Waals surface area (Å²) in [5.74, 6) is -0.403. The molecule has 2 atom stereocenters. The predicted octanol–water partition coefficient (Wildman–Crippen LogP) is 2.17. The summed E-state index contributed by atoms with van der Waals surface area (Å²) >= 11 is 0. The SMILES string of the molecule is CCCC1C(CC)C(=O)ON1C(=O)N1CCCC1. The highest BCUT2D eigenvalue weighted by Gasteiger charge is 2.45. The second-order valence-corrected chi connectivity index (χ2v) is 5.08. The van der Waals surface area contributed by atoms with E-state index < -0.39 is 0 Å². The molecule has 2 heterocycles. The topological polar surface area (TPSA) is 49.9 Å². The van der Waals surface area contributed by atoms with E-state index >= 15 is 0 Å². The lowest BCUT2D eigenvalue weighted by Gasteiger charge is -2.27. The number of nitrogens with zero attached hydrogens (tertiary/aromatic N) is 2. The Kier molecular flexibility index (Phi) is 4.09. The molecule has 0 spiro atoms. The van der Waals surface area contributed by atoms with Gasteiger partial charge in [-0.3, -0.25) is 0 Å². The number of rotatable bonds is 3. The number of urea groups is 1. The van der Waals surface area contributed by atoms with E-state index in [4.69, 9.17) is 4.84 Å². The fraction of sp³-hybridized carbons (Fsp3) is 0.846. The molecule has 2 aliphatic heterocycles. The molecular weight excluding hydrogens is 232 g/mol. The Morgan fingerprint density at radius 1 is 1.33 bits per heavy atom. The van der Waals surface area contributed by atoms with E-state index in [0.717, 1.165) is 45.2 Å². The molecule has 2 aliphatic rings. The normalized spacial score (nSPS) is 27.8. The highest BCUT2D eigenvalue weighted by Crippen LogP contribution is 2.30. The van der Waals surface area contributed by atoms with Gasteiger partial charge in [0.1, 0.15) is 0 Å². The van der Waals surface area contributed by atoms with Crippen LogP contribution < -0.4 is 0 Å². The van der Waals surface area contributed by atoms with Gasteiger partial charge >= 0.3 is 12.0 Å². The number of likely N-dealkylation sites (tertiary alicyclic amines) is 1. The van der Waals surface area contributed by atoms with Crippen LogP contribution in [0.4, 0.5) is 4.79 Å². The molecule has 0 radical (unpaired) electrons. The Bertz CT molecular complexity index is 326. The van der Waals surface area contributed by atoms with Crippen molar-refractivity contribution in [2.24, 2.45) is 5.92 Å². The zero-order chi connectivity index (χ0) is 13.1. The average Bonchev–Trinajstić information content (AvgIpc) is 2.97. The third kappa shape index (κ3) is 2.31. The summed E-state index contributed by atoms with van der Waals surface area (Å²) in [5, 5.41) is 1.34. The van der Waals surface area contributed by atoms with Gasteiger partial charge in [0.15, 0.2) is 0 Å². The zero-order valence-corrected chi connectivity index (χ0v) is 11.2. The first-order valence-electron chi connectivity index (χ1n) is 6.99. The first-order valence-corrected chi connectivity index (χ1v) is 6.99. The van der Waals surface area contributed by atoms with E-state index in [2.05, 4.69) is 6.92 Å². The van der Waals surface area contributed by atoms with Crippen molar-refractivity contribution in [2.75, 3.05) is 13.1 Å². The van der Waals surface area contributed by atoms with E-state index in [1.165, 1.54) is 5.06 Å². The first kappa shape index (κ1) is 13.2. The number of hydrogen-bond acceptors (Lipinski definition) is 3. The molecule has 2 rings (SSSR count). The molecule has 102 valence electrons. The van der Waals surface area contributed by atoms with Crippen LogP contribution in [0.2, 0.25) is 0 Å². The largest absolute Gasteiger partial charge is 0.353 e. The summed E-state index contributed by atoms with van der Waals surface area (Å²) in [4.78, 5) is 31.1. The van der Waals surface area contributed by atoms with E-state index in [1.807, 2.05) is 6.92 Å². The van der Waals surface area contributed by atoms with Gasteiger partial charge in [0.05, 0.1) is 12.0 Å². The minimum absolute atomic E-state index is 0.0828. The maximum absolute atomic E-state index is 12.3. The highest BCUT2D eigenvalue weighted by atomic mass is 16.7. The van der Waals surface area contributed by atoms with Gasteiger partial charge in [-0.2, -0.15) is 0 Å². The van der Waals surface area contributed by atoms with Crippen LogP contribution in [0, 0.1) is 5.92 Å². The van der Waals surface area contributed by atoms with Gasteiger partial charge < -0.3 is 9.74 Å². The van der Waals surface area contributed by atoms with E-state index in [-0.39, 0.29) is 24.0 Å². The molecule has 2 saturated heterocycles. The van der Waals surface area contributed by atoms with Gasteiger partial charge in [-0.1, -0.05) is 20.3 Å². The molecular formula is C13H22N2O3. The van der Waals surface area contributed by atoms with Crippen molar-refractivity contribution in [3.63, 3.8) is 0 Å². The Balaban J connectivity index is 2.09. The molecule has 5 nitrogen and oxygen atoms in total. The van der Waals surface area contributed by atoms with Crippen molar-refractivity contribution in [1.82, 2.24) is 9.96 Å². The van der Waals surface area contributed by atoms with Crippen molar-refractivity contribution in [2.45, 2.75) is 52.0 Å². The molecule has 2 fully saturated rings. The Labute approximate surface area is 108 Å². The van der Waals surface area contributed by atoms with Gasteiger partial charge in [0, 0.05) is 13.1 Å². The summed E-state index contributed by atoms with van der Waals surface area (Å²) in [6.07, 6.45) is 4.59. The Morgan fingerprint density at radius 2 is 2.00 bits per heavy atom. The lowest BCUT2D eigenvalue weighted by atomic mass is 9.94. The minimum Gasteiger partial charge on any atom is -0.336 e. The third-order valence-electron chi connectivity index (χ3n) is 3.85. The van der Waals surface area contributed by atoms with Gasteiger partial charge in [0.2, 0.25) is 0 Å². The van der Waals surface area contributed by atoms with E-state index in [1.54, 1.807) is 4.90 Å². The summed E-state index contributed by atoms with van der Waals surface area (Å²) in [6, 6.07) is -0.212. The fourth-order valence-electron chi connectivity index (χ4n) is 2.83. The number of carbonyl (C=O) groups is 2. The first-order chi connectivity index (χ1) is 8.69. The van der Waals surface area contributed by atoms with Crippen LogP contribution in [0.3, 0.4) is 0 Å². The summed E-state index contributed by atoms with van der Waals surface area (Å²) in [6.45, 7) is 5.59. The lowest BCUT2D eigenvalue weighted by Crippen LogP contribution is -2.44. The predicted molar refractivity (Wildman–Crippen MR) is 66.6 cm³/mol. The lowest BCUT2D eigenvalue weighted by molar-refractivity contribution is -0.165. The number of hydrogen-bond donors (Lipinski definition) is 0. The quantitative estimate of drug-likeness (QED) is 0.775. The molecule has 0 aliphatic carbocycles. The second kappa shape index (κ2) is 5.59. The standard InChI is InChI=1S/C13H22N2O3/c1-3-7-11-10(4-2)12(16)18-15(11)13(17)14-8-5-6-9-14/h10-11H,3-9H2,1-2H3. The average molecular weight is 254 g/mol. The molecule has 5 heteroatoms. The molecule has 0 aromatic carbocycles. The number of carbonyl (C=O) groups excluding carboxylic acids is 2. The number of hydroxylamine groups is 2. The van der Waals surface area contributed by atoms with Gasteiger partial charge in [-0.05, 0) is 25.7 Å². The zero-order valence-electron chi connectivity index (χ0n) is 11.2. The monoisotopic (exact) mass is 254 g/mol. The summed E-state index contributed by atoms with van der Waals surface area (Å²) in [5.41, 5.74) is 0. The summed E-state index contributed by atoms with van der Waals surface area (Å²) in [7, 11) is 0. The molecule has 0 bridgehead atoms. The van der Waals surface area contributed by atoms with Gasteiger partial charge in [0.25, 0.3) is 0 Å². The van der Waals surface area contributed by atoms with Crippen LogP contribution >= 0.6 is 0 Å². The molecule has 2 amide bonds. The highest BCUT2D eigenvalue weighted by molar-refractivity contribution is 5.82. The Hall–Kier alpha value is -1.26. The van der Waals surface area contributed by atoms with Crippen LogP contribution in [0.15, 0.2) is 0 Å². The maximum Gasteiger partial charge on any atom is 0.353 e. The minimum atomic E-state index is -0.247. The van der Waals surface area contributed by atoms with E-state index in [0.29, 0.717) is 0 Å². The van der Waals surface area contributed by atoms with Crippen molar-refractivity contribution in [1.29, 1.82) is 0 Å². The van der Waals surface area contributed by atoms with Crippen molar-refractivity contribution >= 4 is 12.0 Å². The number of amides is 2. The molecule has 0 saturated carbocycles. The van der Waals surface area contributed by atoms with E-state index in [9.17, 15) is 9.59 Å². The fourth-order valence-corrected chi connectivity index (χ4v) is 2.83. The smallest absolute Gasteiger partial charge is 0.336 e. The Morgan fingerprint density at radius 3 is 2.56 bits per heavy atom. The maximum atomic E-state index is 12.3. The van der Waals surface area contributed by atoms with Crippen LogP contribution in [0.1, 0.15) is 46.0 Å². The molecule has 0 N–H and O–H groups in total. The molecule has 0 aromatic heterocycles. The van der Waals surface area contributed by atoms with Crippen LogP contribution in [0.5, 0.6) is 0 Å². The second-order valence-electron chi connectivity index (χ2n) is 5.08. The molecule has 18 heavy (non-hydrogen) atoms. The third-order valence-corrected chi connectivity index (χ3v) is 3.85. The molecule has 0 aromatic rings. The van der Waals surface area contributed by atoms with Gasteiger partial charge in [-0.25, -0.2) is 9.59 Å². The van der Waals surface area contributed by atoms with Crippen LogP contribution in [0.25, 0.3) is 0 Å². The van der Waals surface area contributed by atoms with Crippen LogP contribution in [-0.2, 0) is 9.63 Å². The van der Waals surface area contributed by atoms with Crippen LogP contribution in [-0.4, -0.2) is 41.1 Å². The van der Waals surface area contributed by atoms with Crippen molar-refractivity contribution < 1.29 is 14.4 Å². The van der Waals surface area contributed by atoms with Crippen molar-refractivity contribution in [3.05, 3.63) is 0 Å². The van der Waals surface area contributed by atoms with Crippen molar-refractivity contribution in [3.8, 4) is 0 Å². The molecule has 2 unspecified atom stereocenters. The summed E-state index contributed by atoms with van der Waals surface area (Å²) < 4.78 is 0.